The number of carbonyl (C=O) groups is 2. The smallest absolute Gasteiger partial charge is 0.316 e. The zero-order valence-corrected chi connectivity index (χ0v) is 10.6. The average molecular weight is 271 g/mol. The van der Waals surface area contributed by atoms with E-state index in [1.54, 1.807) is 24.4 Å². The third-order valence-corrected chi connectivity index (χ3v) is 3.13. The van der Waals surface area contributed by atoms with Crippen LogP contribution in [0.1, 0.15) is 23.0 Å². The van der Waals surface area contributed by atoms with E-state index >= 15 is 0 Å². The molecule has 0 saturated heterocycles. The zero-order chi connectivity index (χ0) is 13.5. The maximum absolute atomic E-state index is 11.8. The number of thiophene rings is 1. The molecule has 0 aliphatic heterocycles. The van der Waals surface area contributed by atoms with Crippen molar-refractivity contribution >= 4 is 23.1 Å². The van der Waals surface area contributed by atoms with Gasteiger partial charge in [-0.15, -0.1) is 11.3 Å². The third-order valence-electron chi connectivity index (χ3n) is 2.22. The molecule has 0 amide bonds. The number of nitro groups is 1. The van der Waals surface area contributed by atoms with Crippen LogP contribution in [-0.2, 0) is 9.53 Å². The summed E-state index contributed by atoms with van der Waals surface area (Å²) < 4.78 is 4.73. The van der Waals surface area contributed by atoms with Crippen LogP contribution >= 0.6 is 11.3 Å². The van der Waals surface area contributed by atoms with Gasteiger partial charge in [-0.2, -0.15) is 0 Å². The first-order valence-corrected chi connectivity index (χ1v) is 6.27. The summed E-state index contributed by atoms with van der Waals surface area (Å²) in [5.74, 6) is -1.99. The SMILES string of the molecule is CCOC(=O)C(CC(=O)c1cccs1)C[N+](=O)[O-]. The highest BCUT2D eigenvalue weighted by Crippen LogP contribution is 2.16. The Labute approximate surface area is 108 Å². The Morgan fingerprint density at radius 1 is 1.56 bits per heavy atom. The minimum absolute atomic E-state index is 0.139. The summed E-state index contributed by atoms with van der Waals surface area (Å²) in [6.45, 7) is 1.17. The molecular weight excluding hydrogens is 258 g/mol. The monoisotopic (exact) mass is 271 g/mol. The Bertz CT molecular complexity index is 429. The molecule has 1 rings (SSSR count). The molecule has 1 atom stereocenters. The second-order valence-corrected chi connectivity index (χ2v) is 4.52. The molecule has 1 aromatic heterocycles. The minimum atomic E-state index is -1.02. The fourth-order valence-electron chi connectivity index (χ4n) is 1.42. The fourth-order valence-corrected chi connectivity index (χ4v) is 2.10. The van der Waals surface area contributed by atoms with E-state index in [0.29, 0.717) is 4.88 Å². The Balaban J connectivity index is 2.69. The van der Waals surface area contributed by atoms with Gasteiger partial charge in [-0.3, -0.25) is 19.7 Å². The van der Waals surface area contributed by atoms with Crippen molar-refractivity contribution in [3.8, 4) is 0 Å². The molecule has 1 unspecified atom stereocenters. The highest BCUT2D eigenvalue weighted by molar-refractivity contribution is 7.12. The molecule has 0 saturated carbocycles. The van der Waals surface area contributed by atoms with Crippen LogP contribution in [0.4, 0.5) is 0 Å². The first-order valence-electron chi connectivity index (χ1n) is 5.39. The lowest BCUT2D eigenvalue weighted by Crippen LogP contribution is -2.27. The number of rotatable bonds is 7. The second kappa shape index (κ2) is 6.85. The molecule has 98 valence electrons. The van der Waals surface area contributed by atoms with Crippen molar-refractivity contribution in [3.63, 3.8) is 0 Å². The average Bonchev–Trinajstić information content (AvgIpc) is 2.81. The lowest BCUT2D eigenvalue weighted by Gasteiger charge is -2.10. The largest absolute Gasteiger partial charge is 0.466 e. The molecule has 0 N–H and O–H groups in total. The van der Waals surface area contributed by atoms with Crippen molar-refractivity contribution in [2.24, 2.45) is 5.92 Å². The standard InChI is InChI=1S/C11H13NO5S/c1-2-17-11(14)8(7-12(15)16)6-9(13)10-4-3-5-18-10/h3-5,8H,2,6-7H2,1H3. The van der Waals surface area contributed by atoms with Crippen molar-refractivity contribution in [1.29, 1.82) is 0 Å². The van der Waals surface area contributed by atoms with Gasteiger partial charge in [0.2, 0.25) is 6.54 Å². The van der Waals surface area contributed by atoms with Crippen molar-refractivity contribution in [3.05, 3.63) is 32.5 Å². The number of ether oxygens (including phenoxy) is 1. The first kappa shape index (κ1) is 14.3. The Morgan fingerprint density at radius 3 is 2.78 bits per heavy atom. The number of esters is 1. The molecule has 7 heteroatoms. The van der Waals surface area contributed by atoms with Gasteiger partial charge in [0, 0.05) is 11.3 Å². The molecule has 0 aliphatic carbocycles. The molecule has 18 heavy (non-hydrogen) atoms. The van der Waals surface area contributed by atoms with Crippen LogP contribution in [0.3, 0.4) is 0 Å². The summed E-state index contributed by atoms with van der Waals surface area (Å²) in [5, 5.41) is 12.2. The van der Waals surface area contributed by atoms with Gasteiger partial charge in [0.25, 0.3) is 0 Å². The molecule has 0 aliphatic rings. The van der Waals surface area contributed by atoms with Crippen molar-refractivity contribution in [1.82, 2.24) is 0 Å². The second-order valence-electron chi connectivity index (χ2n) is 3.57. The molecule has 0 spiro atoms. The summed E-state index contributed by atoms with van der Waals surface area (Å²) in [5.41, 5.74) is 0. The Kier molecular flexibility index (Phi) is 5.44. The number of hydrogen-bond acceptors (Lipinski definition) is 6. The summed E-state index contributed by atoms with van der Waals surface area (Å²) >= 11 is 1.25. The van der Waals surface area contributed by atoms with E-state index < -0.39 is 23.4 Å². The van der Waals surface area contributed by atoms with E-state index in [1.165, 1.54) is 11.3 Å². The molecular formula is C11H13NO5S. The predicted octanol–water partition coefficient (Wildman–Crippen LogP) is 1.78. The summed E-state index contributed by atoms with van der Waals surface area (Å²) in [4.78, 5) is 33.7. The molecule has 0 radical (unpaired) electrons. The van der Waals surface area contributed by atoms with Crippen LogP contribution in [0, 0.1) is 16.0 Å². The number of hydrogen-bond donors (Lipinski definition) is 0. The molecule has 0 bridgehead atoms. The molecule has 0 aromatic carbocycles. The minimum Gasteiger partial charge on any atom is -0.466 e. The van der Waals surface area contributed by atoms with Gasteiger partial charge in [0.15, 0.2) is 5.78 Å². The van der Waals surface area contributed by atoms with Gasteiger partial charge >= 0.3 is 5.97 Å². The zero-order valence-electron chi connectivity index (χ0n) is 9.83. The first-order chi connectivity index (χ1) is 8.54. The van der Waals surface area contributed by atoms with Crippen LogP contribution in [0.15, 0.2) is 17.5 Å². The maximum atomic E-state index is 11.8. The van der Waals surface area contributed by atoms with Crippen molar-refractivity contribution < 1.29 is 19.2 Å². The molecule has 0 fully saturated rings. The Hall–Kier alpha value is -1.76. The highest BCUT2D eigenvalue weighted by atomic mass is 32.1. The van der Waals surface area contributed by atoms with Gasteiger partial charge in [-0.05, 0) is 18.4 Å². The van der Waals surface area contributed by atoms with Crippen LogP contribution in [0.25, 0.3) is 0 Å². The topological polar surface area (TPSA) is 86.5 Å². The van der Waals surface area contributed by atoms with Crippen LogP contribution in [0.2, 0.25) is 0 Å². The lowest BCUT2D eigenvalue weighted by molar-refractivity contribution is -0.485. The predicted molar refractivity (Wildman–Crippen MR) is 65.3 cm³/mol. The fraction of sp³-hybridized carbons (Fsp3) is 0.455. The summed E-state index contributed by atoms with van der Waals surface area (Å²) in [6.07, 6.45) is -0.194. The molecule has 1 heterocycles. The van der Waals surface area contributed by atoms with Crippen molar-refractivity contribution in [2.45, 2.75) is 13.3 Å². The van der Waals surface area contributed by atoms with E-state index in [4.69, 9.17) is 4.74 Å². The Morgan fingerprint density at radius 2 is 2.28 bits per heavy atom. The third kappa shape index (κ3) is 4.25. The molecule has 1 aromatic rings. The van der Waals surface area contributed by atoms with Gasteiger partial charge in [-0.25, -0.2) is 0 Å². The van der Waals surface area contributed by atoms with Crippen molar-refractivity contribution in [2.75, 3.05) is 13.2 Å². The lowest BCUT2D eigenvalue weighted by atomic mass is 10.0. The van der Waals surface area contributed by atoms with E-state index in [1.807, 2.05) is 0 Å². The maximum Gasteiger partial charge on any atom is 0.316 e. The summed E-state index contributed by atoms with van der Waals surface area (Å²) in [6, 6.07) is 3.34. The van der Waals surface area contributed by atoms with Crippen LogP contribution in [0.5, 0.6) is 0 Å². The van der Waals surface area contributed by atoms with Gasteiger partial charge in [0.05, 0.1) is 11.5 Å². The van der Waals surface area contributed by atoms with E-state index in [-0.39, 0.29) is 18.8 Å². The molecule has 6 nitrogen and oxygen atoms in total. The summed E-state index contributed by atoms with van der Waals surface area (Å²) in [7, 11) is 0. The quantitative estimate of drug-likeness (QED) is 0.326. The van der Waals surface area contributed by atoms with E-state index in [9.17, 15) is 19.7 Å². The van der Waals surface area contributed by atoms with Gasteiger partial charge in [-0.1, -0.05) is 6.07 Å². The van der Waals surface area contributed by atoms with Crippen LogP contribution in [-0.4, -0.2) is 29.8 Å². The normalized spacial score (nSPS) is 11.8. The van der Waals surface area contributed by atoms with Gasteiger partial charge in [0.1, 0.15) is 5.92 Å². The number of carbonyl (C=O) groups excluding carboxylic acids is 2. The number of Topliss-reactive ketones (excluding diaryl/α,β-unsaturated/α-hetero) is 1. The van der Waals surface area contributed by atoms with Gasteiger partial charge < -0.3 is 4.74 Å². The number of nitrogens with zero attached hydrogens (tertiary/aromatic N) is 1. The highest BCUT2D eigenvalue weighted by Gasteiger charge is 2.28. The number of ketones is 1. The van der Waals surface area contributed by atoms with E-state index in [0.717, 1.165) is 0 Å². The van der Waals surface area contributed by atoms with E-state index in [2.05, 4.69) is 0 Å². The van der Waals surface area contributed by atoms with Crippen LogP contribution < -0.4 is 0 Å².